The number of benzene rings is 2. The molecule has 2 amide bonds. The fraction of sp³-hybridized carbons (Fsp3) is 0.125. The molecule has 0 aliphatic rings. The topological polar surface area (TPSA) is 58.2 Å². The van der Waals surface area contributed by atoms with E-state index in [1.54, 1.807) is 0 Å². The molecule has 0 radical (unpaired) electrons. The van der Waals surface area contributed by atoms with Crippen LogP contribution in [0.5, 0.6) is 0 Å². The zero-order chi connectivity index (χ0) is 18.4. The van der Waals surface area contributed by atoms with Gasteiger partial charge < -0.3 is 10.6 Å². The number of thioether (sulfide) groups is 1. The standard InChI is InChI=1S/C16H12F4N2O2S/c17-9-1-4-14(13(20)5-9)25-8-16(24)21-7-15(23)22-10-2-3-11(18)12(19)6-10/h1-6H,7-8H2,(H,21,24)(H,22,23). The Balaban J connectivity index is 1.77. The van der Waals surface area contributed by atoms with Crippen LogP contribution in [-0.4, -0.2) is 24.1 Å². The second-order valence-corrected chi connectivity index (χ2v) is 5.83. The van der Waals surface area contributed by atoms with E-state index in [2.05, 4.69) is 10.6 Å². The van der Waals surface area contributed by atoms with Crippen molar-refractivity contribution in [3.63, 3.8) is 0 Å². The molecule has 4 nitrogen and oxygen atoms in total. The molecule has 0 saturated heterocycles. The fourth-order valence-electron chi connectivity index (χ4n) is 1.74. The van der Waals surface area contributed by atoms with Gasteiger partial charge in [-0.1, -0.05) is 0 Å². The van der Waals surface area contributed by atoms with Crippen LogP contribution in [0.1, 0.15) is 0 Å². The number of anilines is 1. The summed E-state index contributed by atoms with van der Waals surface area (Å²) in [6.45, 7) is -0.399. The van der Waals surface area contributed by atoms with E-state index >= 15 is 0 Å². The van der Waals surface area contributed by atoms with Gasteiger partial charge in [-0.3, -0.25) is 9.59 Å². The van der Waals surface area contributed by atoms with E-state index < -0.39 is 41.6 Å². The van der Waals surface area contributed by atoms with Crippen LogP contribution in [0, 0.1) is 23.3 Å². The first-order chi connectivity index (χ1) is 11.8. The van der Waals surface area contributed by atoms with E-state index in [0.29, 0.717) is 6.07 Å². The summed E-state index contributed by atoms with van der Waals surface area (Å²) >= 11 is 0.846. The summed E-state index contributed by atoms with van der Waals surface area (Å²) in [5.74, 6) is -5.03. The second-order valence-electron chi connectivity index (χ2n) is 4.82. The first-order valence-corrected chi connectivity index (χ1v) is 7.93. The van der Waals surface area contributed by atoms with Crippen LogP contribution in [0.4, 0.5) is 23.2 Å². The third kappa shape index (κ3) is 5.79. The zero-order valence-corrected chi connectivity index (χ0v) is 13.4. The Morgan fingerprint density at radius 1 is 0.880 bits per heavy atom. The molecule has 132 valence electrons. The largest absolute Gasteiger partial charge is 0.346 e. The summed E-state index contributed by atoms with van der Waals surface area (Å²) in [7, 11) is 0. The van der Waals surface area contributed by atoms with Crippen LogP contribution >= 0.6 is 11.8 Å². The fourth-order valence-corrected chi connectivity index (χ4v) is 2.49. The van der Waals surface area contributed by atoms with Crippen LogP contribution < -0.4 is 10.6 Å². The van der Waals surface area contributed by atoms with E-state index in [9.17, 15) is 27.2 Å². The number of carbonyl (C=O) groups is 2. The quantitative estimate of drug-likeness (QED) is 0.605. The van der Waals surface area contributed by atoms with Crippen molar-refractivity contribution in [2.24, 2.45) is 0 Å². The van der Waals surface area contributed by atoms with Crippen molar-refractivity contribution < 1.29 is 27.2 Å². The Labute approximate surface area is 144 Å². The summed E-state index contributed by atoms with van der Waals surface area (Å²) in [6.07, 6.45) is 0. The molecule has 0 aliphatic carbocycles. The smallest absolute Gasteiger partial charge is 0.243 e. The van der Waals surface area contributed by atoms with Crippen molar-refractivity contribution in [1.29, 1.82) is 0 Å². The Morgan fingerprint density at radius 2 is 1.64 bits per heavy atom. The van der Waals surface area contributed by atoms with Gasteiger partial charge in [-0.25, -0.2) is 17.6 Å². The van der Waals surface area contributed by atoms with E-state index in [1.807, 2.05) is 0 Å². The first-order valence-electron chi connectivity index (χ1n) is 6.94. The molecule has 2 aromatic carbocycles. The number of rotatable bonds is 6. The highest BCUT2D eigenvalue weighted by atomic mass is 32.2. The predicted molar refractivity (Wildman–Crippen MR) is 85.1 cm³/mol. The summed E-state index contributed by atoms with van der Waals surface area (Å²) in [5, 5.41) is 4.58. The van der Waals surface area contributed by atoms with Gasteiger partial charge in [0, 0.05) is 22.7 Å². The van der Waals surface area contributed by atoms with E-state index in [-0.39, 0.29) is 16.3 Å². The van der Waals surface area contributed by atoms with Crippen LogP contribution in [0.3, 0.4) is 0 Å². The average Bonchev–Trinajstić information content (AvgIpc) is 2.55. The van der Waals surface area contributed by atoms with Gasteiger partial charge in [0.15, 0.2) is 11.6 Å². The molecule has 0 heterocycles. The van der Waals surface area contributed by atoms with Gasteiger partial charge in [-0.15, -0.1) is 11.8 Å². The summed E-state index contributed by atoms with van der Waals surface area (Å²) in [6, 6.07) is 5.82. The lowest BCUT2D eigenvalue weighted by Gasteiger charge is -2.07. The van der Waals surface area contributed by atoms with Gasteiger partial charge in [0.2, 0.25) is 11.8 Å². The van der Waals surface area contributed by atoms with Crippen molar-refractivity contribution in [3.8, 4) is 0 Å². The maximum Gasteiger partial charge on any atom is 0.243 e. The molecule has 2 N–H and O–H groups in total. The lowest BCUT2D eigenvalue weighted by Crippen LogP contribution is -2.33. The number of hydrogen-bond acceptors (Lipinski definition) is 3. The minimum Gasteiger partial charge on any atom is -0.346 e. The Morgan fingerprint density at radius 3 is 2.32 bits per heavy atom. The van der Waals surface area contributed by atoms with Gasteiger partial charge in [0.1, 0.15) is 11.6 Å². The normalized spacial score (nSPS) is 10.4. The second kappa shape index (κ2) is 8.52. The molecule has 25 heavy (non-hydrogen) atoms. The average molecular weight is 372 g/mol. The van der Waals surface area contributed by atoms with Crippen LogP contribution in [0.2, 0.25) is 0 Å². The first kappa shape index (κ1) is 18.8. The van der Waals surface area contributed by atoms with Crippen molar-refractivity contribution >= 4 is 29.3 Å². The van der Waals surface area contributed by atoms with Gasteiger partial charge in [-0.05, 0) is 24.3 Å². The Bertz CT molecular complexity index is 802. The maximum atomic E-state index is 13.4. The highest BCUT2D eigenvalue weighted by Crippen LogP contribution is 2.21. The molecule has 0 bridgehead atoms. The van der Waals surface area contributed by atoms with Gasteiger partial charge in [0.25, 0.3) is 0 Å². The molecule has 0 fully saturated rings. The van der Waals surface area contributed by atoms with Crippen molar-refractivity contribution in [2.75, 3.05) is 17.6 Å². The summed E-state index contributed by atoms with van der Waals surface area (Å²) in [5.41, 5.74) is 0.0425. The van der Waals surface area contributed by atoms with E-state index in [4.69, 9.17) is 0 Å². The molecule has 0 aromatic heterocycles. The maximum absolute atomic E-state index is 13.4. The predicted octanol–water partition coefficient (Wildman–Crippen LogP) is 3.09. The molecule has 0 spiro atoms. The molecular formula is C16H12F4N2O2S. The van der Waals surface area contributed by atoms with Gasteiger partial charge in [-0.2, -0.15) is 0 Å². The Hall–Kier alpha value is -2.55. The molecule has 0 atom stereocenters. The van der Waals surface area contributed by atoms with Gasteiger partial charge >= 0.3 is 0 Å². The Kier molecular flexibility index (Phi) is 6.40. The van der Waals surface area contributed by atoms with Crippen LogP contribution in [-0.2, 0) is 9.59 Å². The molecule has 2 aromatic rings. The SMILES string of the molecule is O=C(CSc1ccc(F)cc1F)NCC(=O)Nc1ccc(F)c(F)c1. The molecule has 0 aliphatic heterocycles. The number of nitrogens with one attached hydrogen (secondary N) is 2. The lowest BCUT2D eigenvalue weighted by atomic mass is 10.3. The minimum absolute atomic E-state index is 0.0425. The monoisotopic (exact) mass is 372 g/mol. The third-order valence-corrected chi connectivity index (χ3v) is 3.95. The molecule has 0 unspecified atom stereocenters. The minimum atomic E-state index is -1.11. The zero-order valence-electron chi connectivity index (χ0n) is 12.6. The number of hydrogen-bond donors (Lipinski definition) is 2. The van der Waals surface area contributed by atoms with E-state index in [0.717, 1.165) is 30.0 Å². The van der Waals surface area contributed by atoms with Crippen molar-refractivity contribution in [1.82, 2.24) is 5.32 Å². The molecule has 2 rings (SSSR count). The molecule has 0 saturated carbocycles. The van der Waals surface area contributed by atoms with Crippen LogP contribution in [0.15, 0.2) is 41.3 Å². The summed E-state index contributed by atoms with van der Waals surface area (Å²) in [4.78, 5) is 23.4. The number of amides is 2. The van der Waals surface area contributed by atoms with Crippen LogP contribution in [0.25, 0.3) is 0 Å². The highest BCUT2D eigenvalue weighted by molar-refractivity contribution is 8.00. The van der Waals surface area contributed by atoms with Gasteiger partial charge in [0.05, 0.1) is 12.3 Å². The number of halogens is 4. The highest BCUT2D eigenvalue weighted by Gasteiger charge is 2.10. The molecular weight excluding hydrogens is 360 g/mol. The number of carbonyl (C=O) groups excluding carboxylic acids is 2. The summed E-state index contributed by atoms with van der Waals surface area (Å²) < 4.78 is 51.9. The third-order valence-electron chi connectivity index (χ3n) is 2.90. The van der Waals surface area contributed by atoms with E-state index in [1.165, 1.54) is 12.1 Å². The van der Waals surface area contributed by atoms with Crippen molar-refractivity contribution in [2.45, 2.75) is 4.90 Å². The molecule has 9 heteroatoms. The van der Waals surface area contributed by atoms with Crippen molar-refractivity contribution in [3.05, 3.63) is 59.7 Å². The lowest BCUT2D eigenvalue weighted by molar-refractivity contribution is -0.122.